The zero-order chi connectivity index (χ0) is 15.8. The minimum Gasteiger partial charge on any atom is -0.327 e. The van der Waals surface area contributed by atoms with Crippen LogP contribution in [0, 0.1) is 0 Å². The van der Waals surface area contributed by atoms with E-state index in [1.165, 1.54) is 5.39 Å². The van der Waals surface area contributed by atoms with Crippen molar-refractivity contribution in [2.75, 3.05) is 7.05 Å². The van der Waals surface area contributed by atoms with E-state index in [0.29, 0.717) is 0 Å². The second kappa shape index (κ2) is 5.70. The summed E-state index contributed by atoms with van der Waals surface area (Å²) in [6.45, 7) is 0. The average Bonchev–Trinajstić information content (AvgIpc) is 2.91. The minimum absolute atomic E-state index is 0.0346. The Morgan fingerprint density at radius 1 is 1.00 bits per heavy atom. The smallest absolute Gasteiger partial charge is 0.241 e. The van der Waals surface area contributed by atoms with Crippen molar-refractivity contribution in [3.63, 3.8) is 0 Å². The summed E-state index contributed by atoms with van der Waals surface area (Å²) < 4.78 is 0. The molecule has 0 radical (unpaired) electrons. The van der Waals surface area contributed by atoms with Crippen LogP contribution in [0.15, 0.2) is 66.9 Å². The second-order valence-electron chi connectivity index (χ2n) is 5.64. The Bertz CT molecular complexity index is 860. The van der Waals surface area contributed by atoms with Gasteiger partial charge in [0.05, 0.1) is 5.69 Å². The number of nitrogens with zero attached hydrogens (tertiary/aromatic N) is 2. The first-order valence-electron chi connectivity index (χ1n) is 7.56. The summed E-state index contributed by atoms with van der Waals surface area (Å²) in [7, 11) is 1.86. The number of amides is 1. The van der Waals surface area contributed by atoms with Gasteiger partial charge in [-0.3, -0.25) is 9.78 Å². The van der Waals surface area contributed by atoms with Crippen molar-refractivity contribution in [3.8, 4) is 0 Å². The molecule has 1 saturated heterocycles. The molecule has 1 aliphatic rings. The lowest BCUT2D eigenvalue weighted by atomic mass is 10.0. The first-order chi connectivity index (χ1) is 11.3. The maximum absolute atomic E-state index is 12.8. The Hall–Kier alpha value is -2.33. The van der Waals surface area contributed by atoms with Crippen molar-refractivity contribution in [3.05, 3.63) is 78.1 Å². The first kappa shape index (κ1) is 14.3. The van der Waals surface area contributed by atoms with Gasteiger partial charge in [0, 0.05) is 13.2 Å². The predicted octanol–water partition coefficient (Wildman–Crippen LogP) is 4.18. The summed E-state index contributed by atoms with van der Waals surface area (Å²) in [4.78, 5) is 19.0. The van der Waals surface area contributed by atoms with Gasteiger partial charge in [-0.1, -0.05) is 48.5 Å². The fraction of sp³-hybridized carbons (Fsp3) is 0.158. The minimum atomic E-state index is -0.182. The van der Waals surface area contributed by atoms with E-state index in [1.807, 2.05) is 43.4 Å². The Morgan fingerprint density at radius 3 is 2.61 bits per heavy atom. The van der Waals surface area contributed by atoms with Crippen molar-refractivity contribution in [2.24, 2.45) is 0 Å². The van der Waals surface area contributed by atoms with Crippen LogP contribution in [0.2, 0.25) is 0 Å². The molecule has 2 heterocycles. The molecular formula is C19H16N2OS. The van der Waals surface area contributed by atoms with E-state index in [1.54, 1.807) is 22.9 Å². The maximum Gasteiger partial charge on any atom is 0.241 e. The largest absolute Gasteiger partial charge is 0.327 e. The summed E-state index contributed by atoms with van der Waals surface area (Å²) in [5, 5.41) is 2.10. The molecule has 3 aromatic rings. The molecule has 4 rings (SSSR count). The number of hydrogen-bond donors (Lipinski definition) is 0. The number of carbonyl (C=O) groups is 1. The summed E-state index contributed by atoms with van der Waals surface area (Å²) in [5.74, 6) is 0.141. The third kappa shape index (κ3) is 2.39. The van der Waals surface area contributed by atoms with Crippen LogP contribution in [0.3, 0.4) is 0 Å². The lowest BCUT2D eigenvalue weighted by molar-refractivity contribution is -0.128. The summed E-state index contributed by atoms with van der Waals surface area (Å²) in [6, 6.07) is 20.2. The van der Waals surface area contributed by atoms with Gasteiger partial charge in [-0.15, -0.1) is 11.8 Å². The molecule has 0 aliphatic carbocycles. The third-order valence-electron chi connectivity index (χ3n) is 4.24. The van der Waals surface area contributed by atoms with E-state index in [4.69, 9.17) is 0 Å². The molecule has 0 bridgehead atoms. The van der Waals surface area contributed by atoms with Gasteiger partial charge < -0.3 is 4.90 Å². The molecule has 2 unspecified atom stereocenters. The van der Waals surface area contributed by atoms with Gasteiger partial charge in [0.1, 0.15) is 10.6 Å². The second-order valence-corrected chi connectivity index (χ2v) is 6.83. The van der Waals surface area contributed by atoms with Crippen LogP contribution in [0.25, 0.3) is 10.8 Å². The van der Waals surface area contributed by atoms with Crippen molar-refractivity contribution >= 4 is 28.4 Å². The number of pyridine rings is 1. The lowest BCUT2D eigenvalue weighted by Gasteiger charge is -2.17. The maximum atomic E-state index is 12.8. The van der Waals surface area contributed by atoms with Crippen LogP contribution in [0.5, 0.6) is 0 Å². The Balaban J connectivity index is 1.76. The van der Waals surface area contributed by atoms with Crippen molar-refractivity contribution in [2.45, 2.75) is 10.6 Å². The Morgan fingerprint density at radius 2 is 1.78 bits per heavy atom. The van der Waals surface area contributed by atoms with E-state index in [9.17, 15) is 4.79 Å². The fourth-order valence-electron chi connectivity index (χ4n) is 3.05. The SMILES string of the molecule is CN1C(=O)C(c2cccc3ccccc23)SC1c1ccccn1. The Labute approximate surface area is 139 Å². The van der Waals surface area contributed by atoms with Crippen LogP contribution >= 0.6 is 11.8 Å². The monoisotopic (exact) mass is 320 g/mol. The normalized spacial score (nSPS) is 21.1. The summed E-state index contributed by atoms with van der Waals surface area (Å²) >= 11 is 1.66. The number of aromatic nitrogens is 1. The zero-order valence-corrected chi connectivity index (χ0v) is 13.5. The number of likely N-dealkylation sites (N-methyl/N-ethyl adjacent to an activating group) is 1. The van der Waals surface area contributed by atoms with Gasteiger partial charge in [0.25, 0.3) is 0 Å². The van der Waals surface area contributed by atoms with Gasteiger partial charge in [-0.05, 0) is 28.5 Å². The van der Waals surface area contributed by atoms with Crippen LogP contribution < -0.4 is 0 Å². The third-order valence-corrected chi connectivity index (χ3v) is 5.78. The molecule has 1 aromatic heterocycles. The highest BCUT2D eigenvalue weighted by molar-refractivity contribution is 8.00. The van der Waals surface area contributed by atoms with E-state index in [0.717, 1.165) is 16.6 Å². The van der Waals surface area contributed by atoms with Crippen molar-refractivity contribution in [1.82, 2.24) is 9.88 Å². The van der Waals surface area contributed by atoms with E-state index < -0.39 is 0 Å². The number of benzene rings is 2. The molecule has 1 amide bonds. The molecule has 0 spiro atoms. The van der Waals surface area contributed by atoms with Gasteiger partial charge in [0.15, 0.2) is 0 Å². The molecule has 0 saturated carbocycles. The number of fused-ring (bicyclic) bond motifs is 1. The molecule has 2 atom stereocenters. The summed E-state index contributed by atoms with van der Waals surface area (Å²) in [6.07, 6.45) is 1.78. The zero-order valence-electron chi connectivity index (χ0n) is 12.7. The molecule has 0 N–H and O–H groups in total. The molecule has 114 valence electrons. The lowest BCUT2D eigenvalue weighted by Crippen LogP contribution is -2.24. The van der Waals surface area contributed by atoms with Crippen LogP contribution in [-0.4, -0.2) is 22.8 Å². The van der Waals surface area contributed by atoms with Crippen LogP contribution in [0.4, 0.5) is 0 Å². The fourth-order valence-corrected chi connectivity index (χ4v) is 4.51. The van der Waals surface area contributed by atoms with E-state index >= 15 is 0 Å². The van der Waals surface area contributed by atoms with Crippen LogP contribution in [0.1, 0.15) is 21.9 Å². The predicted molar refractivity (Wildman–Crippen MR) is 94.0 cm³/mol. The summed E-state index contributed by atoms with van der Waals surface area (Å²) in [5.41, 5.74) is 2.01. The number of thioether (sulfide) groups is 1. The van der Waals surface area contributed by atoms with Crippen LogP contribution in [-0.2, 0) is 4.79 Å². The highest BCUT2D eigenvalue weighted by Gasteiger charge is 2.40. The molecule has 1 aliphatic heterocycles. The standard InChI is InChI=1S/C19H16N2OS/c1-21-18(22)17(23-19(21)16-11-4-5-12-20-16)15-10-6-8-13-7-2-3-9-14(13)15/h2-12,17,19H,1H3. The molecule has 3 nitrogen and oxygen atoms in total. The van der Waals surface area contributed by atoms with Gasteiger partial charge in [-0.2, -0.15) is 0 Å². The van der Waals surface area contributed by atoms with E-state index in [2.05, 4.69) is 29.2 Å². The molecule has 1 fully saturated rings. The number of rotatable bonds is 2. The number of carbonyl (C=O) groups excluding carboxylic acids is 1. The molecule has 4 heteroatoms. The quantitative estimate of drug-likeness (QED) is 0.710. The van der Waals surface area contributed by atoms with E-state index in [-0.39, 0.29) is 16.5 Å². The average molecular weight is 320 g/mol. The van der Waals surface area contributed by atoms with Crippen molar-refractivity contribution < 1.29 is 4.79 Å². The van der Waals surface area contributed by atoms with Gasteiger partial charge >= 0.3 is 0 Å². The number of hydrogen-bond acceptors (Lipinski definition) is 3. The molecule has 2 aromatic carbocycles. The topological polar surface area (TPSA) is 33.2 Å². The Kier molecular flexibility index (Phi) is 3.54. The highest BCUT2D eigenvalue weighted by Crippen LogP contribution is 2.50. The van der Waals surface area contributed by atoms with Crippen molar-refractivity contribution in [1.29, 1.82) is 0 Å². The highest BCUT2D eigenvalue weighted by atomic mass is 32.2. The first-order valence-corrected chi connectivity index (χ1v) is 8.51. The van der Waals surface area contributed by atoms with Gasteiger partial charge in [0.2, 0.25) is 5.91 Å². The molecular weight excluding hydrogens is 304 g/mol. The molecule has 23 heavy (non-hydrogen) atoms. The van der Waals surface area contributed by atoms with Gasteiger partial charge in [-0.25, -0.2) is 0 Å².